The number of hydrogen-bond donors (Lipinski definition) is 6. The molecule has 0 heterocycles. The fraction of sp³-hybridized carbons (Fsp3) is 0.143. The molecule has 3 rings (SSSR count). The Labute approximate surface area is 201 Å². The topological polar surface area (TPSA) is 175 Å². The van der Waals surface area contributed by atoms with E-state index in [1.165, 1.54) is 0 Å². The number of nitrogens with one attached hydrogen (secondary N) is 6. The SMILES string of the molecule is O=CNC1=CC[C]([Hf]([C]2=C(NC=O)C(NC=O)=CC2)[C]2=C(NC=O)C(NC=O)=CC2)=C1NC=O. The Morgan fingerprint density at radius 2 is 0.735 bits per heavy atom. The van der Waals surface area contributed by atoms with Gasteiger partial charge in [-0.15, -0.1) is 0 Å². The second-order valence-corrected chi connectivity index (χ2v) is 16.2. The first-order valence-electron chi connectivity index (χ1n) is 10.0. The van der Waals surface area contributed by atoms with E-state index in [-0.39, 0.29) is 0 Å². The summed E-state index contributed by atoms with van der Waals surface area (Å²) in [5.74, 6) is 0. The van der Waals surface area contributed by atoms with Gasteiger partial charge in [-0.2, -0.15) is 0 Å². The molecule has 0 fully saturated rings. The first-order chi connectivity index (χ1) is 16.6. The maximum absolute atomic E-state index is 11.4. The van der Waals surface area contributed by atoms with E-state index >= 15 is 0 Å². The molecule has 6 N–H and O–H groups in total. The van der Waals surface area contributed by atoms with Crippen LogP contribution in [0.15, 0.2) is 62.4 Å². The molecule has 6 amide bonds. The maximum atomic E-state index is 11.4. The Morgan fingerprint density at radius 1 is 0.471 bits per heavy atom. The standard InChI is InChI=1S/3C7H7N2O2.Hf/c3*10-4-8-6-2-1-3-7(6)9-5-11;/h3*2,4-5H,1H2,(H,8,10)(H,9,11);. The van der Waals surface area contributed by atoms with Crippen molar-refractivity contribution in [1.82, 2.24) is 31.9 Å². The zero-order chi connectivity index (χ0) is 24.5. The summed E-state index contributed by atoms with van der Waals surface area (Å²) in [4.78, 5) is 67.6. The van der Waals surface area contributed by atoms with Gasteiger partial charge in [0, 0.05) is 0 Å². The molecule has 0 bridgehead atoms. The van der Waals surface area contributed by atoms with E-state index in [0.717, 1.165) is 9.99 Å². The summed E-state index contributed by atoms with van der Waals surface area (Å²) in [5, 5.41) is 15.8. The summed E-state index contributed by atoms with van der Waals surface area (Å²) in [5.41, 5.74) is 2.75. The molecule has 0 aliphatic heterocycles. The van der Waals surface area contributed by atoms with Gasteiger partial charge in [-0.25, -0.2) is 0 Å². The van der Waals surface area contributed by atoms with Crippen molar-refractivity contribution in [2.75, 3.05) is 0 Å². The third kappa shape index (κ3) is 4.88. The Morgan fingerprint density at radius 3 is 0.971 bits per heavy atom. The van der Waals surface area contributed by atoms with Gasteiger partial charge >= 0.3 is 202 Å². The predicted molar refractivity (Wildman–Crippen MR) is 114 cm³/mol. The zero-order valence-corrected chi connectivity index (χ0v) is 21.4. The van der Waals surface area contributed by atoms with E-state index in [4.69, 9.17) is 0 Å². The Hall–Kier alpha value is -3.87. The van der Waals surface area contributed by atoms with Gasteiger partial charge in [0.1, 0.15) is 0 Å². The van der Waals surface area contributed by atoms with Crippen LogP contribution in [0.3, 0.4) is 0 Å². The molecular formula is C21H21HfN6O6. The van der Waals surface area contributed by atoms with Crippen LogP contribution in [0.2, 0.25) is 0 Å². The van der Waals surface area contributed by atoms with Crippen molar-refractivity contribution in [2.24, 2.45) is 0 Å². The first kappa shape index (κ1) is 24.8. The van der Waals surface area contributed by atoms with Crippen molar-refractivity contribution < 1.29 is 50.2 Å². The van der Waals surface area contributed by atoms with Crippen LogP contribution < -0.4 is 31.9 Å². The molecule has 13 heteroatoms. The van der Waals surface area contributed by atoms with Crippen molar-refractivity contribution in [1.29, 1.82) is 0 Å². The molecule has 0 unspecified atom stereocenters. The summed E-state index contributed by atoms with van der Waals surface area (Å²) in [7, 11) is 0. The average molecular weight is 632 g/mol. The molecule has 0 aromatic rings. The quantitative estimate of drug-likeness (QED) is 0.0956. The van der Waals surface area contributed by atoms with Crippen molar-refractivity contribution in [3.63, 3.8) is 0 Å². The number of allylic oxidation sites excluding steroid dienone is 6. The summed E-state index contributed by atoms with van der Waals surface area (Å²) in [6.07, 6.45) is 9.69. The summed E-state index contributed by atoms with van der Waals surface area (Å²) in [6, 6.07) is 0. The molecule has 0 spiro atoms. The van der Waals surface area contributed by atoms with Crippen LogP contribution in [0, 0.1) is 0 Å². The molecule has 3 aliphatic rings. The van der Waals surface area contributed by atoms with Crippen molar-refractivity contribution in [3.05, 3.63) is 62.4 Å². The monoisotopic (exact) mass is 633 g/mol. The minimum atomic E-state index is -3.52. The van der Waals surface area contributed by atoms with Crippen molar-refractivity contribution in [3.8, 4) is 0 Å². The third-order valence-electron chi connectivity index (χ3n) is 5.40. The van der Waals surface area contributed by atoms with Crippen LogP contribution in [0.25, 0.3) is 0 Å². The Bertz CT molecular complexity index is 979. The molecule has 0 aromatic heterocycles. The van der Waals surface area contributed by atoms with Gasteiger partial charge in [-0.1, -0.05) is 0 Å². The van der Waals surface area contributed by atoms with Gasteiger partial charge in [-0.05, 0) is 0 Å². The van der Waals surface area contributed by atoms with Crippen LogP contribution in [0.5, 0.6) is 0 Å². The van der Waals surface area contributed by atoms with E-state index in [2.05, 4.69) is 31.9 Å². The number of carbonyl (C=O) groups excluding carboxylic acids is 6. The number of rotatable bonds is 15. The van der Waals surface area contributed by atoms with E-state index < -0.39 is 21.4 Å². The fourth-order valence-electron chi connectivity index (χ4n) is 4.20. The van der Waals surface area contributed by atoms with E-state index in [0.29, 0.717) is 91.9 Å². The molecule has 12 nitrogen and oxygen atoms in total. The molecule has 34 heavy (non-hydrogen) atoms. The van der Waals surface area contributed by atoms with Gasteiger partial charge in [0.2, 0.25) is 0 Å². The van der Waals surface area contributed by atoms with E-state index in [9.17, 15) is 28.8 Å². The van der Waals surface area contributed by atoms with Crippen LogP contribution in [0.1, 0.15) is 19.3 Å². The number of hydrogen-bond acceptors (Lipinski definition) is 6. The fourth-order valence-corrected chi connectivity index (χ4v) is 16.3. The molecule has 3 aliphatic carbocycles. The van der Waals surface area contributed by atoms with Crippen LogP contribution in [-0.4, -0.2) is 38.5 Å². The van der Waals surface area contributed by atoms with Gasteiger partial charge < -0.3 is 0 Å². The number of amides is 6. The third-order valence-corrected chi connectivity index (χ3v) is 16.8. The minimum absolute atomic E-state index is 0.428. The first-order valence-corrected chi connectivity index (χ1v) is 15.4. The van der Waals surface area contributed by atoms with Crippen LogP contribution in [-0.2, 0) is 50.2 Å². The Kier molecular flexibility index (Phi) is 8.62. The van der Waals surface area contributed by atoms with Crippen LogP contribution >= 0.6 is 0 Å². The molecule has 175 valence electrons. The summed E-state index contributed by atoms with van der Waals surface area (Å²) in [6.45, 7) is 0. The van der Waals surface area contributed by atoms with Gasteiger partial charge in [0.05, 0.1) is 0 Å². The summed E-state index contributed by atoms with van der Waals surface area (Å²) >= 11 is -3.52. The van der Waals surface area contributed by atoms with Crippen molar-refractivity contribution in [2.45, 2.75) is 19.3 Å². The molecular weight excluding hydrogens is 611 g/mol. The summed E-state index contributed by atoms with van der Waals surface area (Å²) < 4.78 is 2.68. The molecule has 0 saturated carbocycles. The Balaban J connectivity index is 2.25. The van der Waals surface area contributed by atoms with E-state index in [1.807, 2.05) is 0 Å². The number of carbonyl (C=O) groups is 6. The molecule has 0 atom stereocenters. The van der Waals surface area contributed by atoms with E-state index in [1.54, 1.807) is 18.2 Å². The molecule has 0 aromatic carbocycles. The zero-order valence-electron chi connectivity index (χ0n) is 17.8. The van der Waals surface area contributed by atoms with Gasteiger partial charge in [0.25, 0.3) is 0 Å². The second kappa shape index (κ2) is 11.8. The van der Waals surface area contributed by atoms with Crippen molar-refractivity contribution >= 4 is 38.5 Å². The normalized spacial score (nSPS) is 16.8. The predicted octanol–water partition coefficient (Wildman–Crippen LogP) is -1.42. The average Bonchev–Trinajstić information content (AvgIpc) is 3.52. The van der Waals surface area contributed by atoms with Gasteiger partial charge in [-0.3, -0.25) is 0 Å². The van der Waals surface area contributed by atoms with Crippen LogP contribution in [0.4, 0.5) is 0 Å². The van der Waals surface area contributed by atoms with Gasteiger partial charge in [0.15, 0.2) is 0 Å². The molecule has 0 radical (unpaired) electrons. The second-order valence-electron chi connectivity index (χ2n) is 6.97. The molecule has 0 saturated heterocycles.